The van der Waals surface area contributed by atoms with E-state index in [1.807, 2.05) is 24.3 Å². The molecule has 2 heterocycles. The van der Waals surface area contributed by atoms with Crippen LogP contribution in [0, 0.1) is 6.92 Å². The highest BCUT2D eigenvalue weighted by atomic mass is 32.1. The highest BCUT2D eigenvalue weighted by molar-refractivity contribution is 7.17. The number of nitrogens with zero attached hydrogens (tertiary/aromatic N) is 4. The lowest BCUT2D eigenvalue weighted by Crippen LogP contribution is -2.21. The fraction of sp³-hybridized carbons (Fsp3) is 0.250. The van der Waals surface area contributed by atoms with E-state index in [-0.39, 0.29) is 18.4 Å². The third kappa shape index (κ3) is 3.13. The third-order valence-electron chi connectivity index (χ3n) is 3.48. The van der Waals surface area contributed by atoms with Gasteiger partial charge in [0.15, 0.2) is 5.13 Å². The summed E-state index contributed by atoms with van der Waals surface area (Å²) < 4.78 is 1.77. The molecular formula is C16H17N5O2S. The molecule has 0 atom stereocenters. The molecule has 1 aromatic carbocycles. The average molecular weight is 343 g/mol. The molecule has 0 saturated carbocycles. The predicted octanol–water partition coefficient (Wildman–Crippen LogP) is 2.14. The fourth-order valence-electron chi connectivity index (χ4n) is 2.30. The first kappa shape index (κ1) is 16.1. The maximum absolute atomic E-state index is 12.3. The number of imidazole rings is 1. The van der Waals surface area contributed by atoms with Gasteiger partial charge in [0.25, 0.3) is 5.91 Å². The zero-order valence-electron chi connectivity index (χ0n) is 13.6. The topological polar surface area (TPSA) is 80.1 Å². The van der Waals surface area contributed by atoms with Crippen molar-refractivity contribution in [3.8, 4) is 0 Å². The Morgan fingerprint density at radius 1 is 1.29 bits per heavy atom. The third-order valence-corrected chi connectivity index (χ3v) is 4.55. The summed E-state index contributed by atoms with van der Waals surface area (Å²) in [5, 5.41) is 3.17. The van der Waals surface area contributed by atoms with Crippen LogP contribution in [0.2, 0.25) is 0 Å². The number of hydrogen-bond donors (Lipinski definition) is 1. The van der Waals surface area contributed by atoms with E-state index in [1.165, 1.54) is 16.2 Å². The van der Waals surface area contributed by atoms with Crippen LogP contribution in [0.1, 0.15) is 15.4 Å². The van der Waals surface area contributed by atoms with E-state index in [0.717, 1.165) is 11.0 Å². The van der Waals surface area contributed by atoms with Crippen molar-refractivity contribution in [2.24, 2.45) is 0 Å². The SMILES string of the molecule is Cc1nc(NC(=O)Cn2cnc3ccccc32)sc1C(=O)N(C)C. The molecule has 0 unspecified atom stereocenters. The Labute approximate surface area is 142 Å². The molecule has 124 valence electrons. The molecule has 24 heavy (non-hydrogen) atoms. The van der Waals surface area contributed by atoms with Crippen LogP contribution in [0.25, 0.3) is 11.0 Å². The van der Waals surface area contributed by atoms with Crippen molar-refractivity contribution in [1.82, 2.24) is 19.4 Å². The molecular weight excluding hydrogens is 326 g/mol. The van der Waals surface area contributed by atoms with Gasteiger partial charge in [0.2, 0.25) is 5.91 Å². The number of amides is 2. The molecule has 0 aliphatic rings. The molecule has 1 N–H and O–H groups in total. The van der Waals surface area contributed by atoms with E-state index in [9.17, 15) is 9.59 Å². The minimum absolute atomic E-state index is 0.119. The number of benzene rings is 1. The second-order valence-electron chi connectivity index (χ2n) is 5.54. The number of anilines is 1. The molecule has 0 aliphatic heterocycles. The predicted molar refractivity (Wildman–Crippen MR) is 93.2 cm³/mol. The van der Waals surface area contributed by atoms with Crippen LogP contribution in [-0.2, 0) is 11.3 Å². The Hall–Kier alpha value is -2.74. The Kier molecular flexibility index (Phi) is 4.30. The van der Waals surface area contributed by atoms with Crippen molar-refractivity contribution >= 4 is 39.3 Å². The summed E-state index contributed by atoms with van der Waals surface area (Å²) in [6.07, 6.45) is 1.64. The number of aromatic nitrogens is 3. The van der Waals surface area contributed by atoms with Gasteiger partial charge in [-0.05, 0) is 19.1 Å². The summed E-state index contributed by atoms with van der Waals surface area (Å²) in [6.45, 7) is 1.89. The number of fused-ring (bicyclic) bond motifs is 1. The van der Waals surface area contributed by atoms with Crippen LogP contribution in [0.15, 0.2) is 30.6 Å². The summed E-state index contributed by atoms with van der Waals surface area (Å²) >= 11 is 1.18. The molecule has 0 aliphatic carbocycles. The standard InChI is InChI=1S/C16H17N5O2S/c1-10-14(15(23)20(2)3)24-16(18-10)19-13(22)8-21-9-17-11-6-4-5-7-12(11)21/h4-7,9H,8H2,1-3H3,(H,18,19,22). The first-order valence-corrected chi connectivity index (χ1v) is 8.16. The molecule has 2 amide bonds. The number of para-hydroxylation sites is 2. The van der Waals surface area contributed by atoms with E-state index in [1.54, 1.807) is 31.9 Å². The molecule has 0 bridgehead atoms. The molecule has 0 saturated heterocycles. The minimum atomic E-state index is -0.212. The quantitative estimate of drug-likeness (QED) is 0.787. The van der Waals surface area contributed by atoms with Crippen molar-refractivity contribution in [2.75, 3.05) is 19.4 Å². The largest absolute Gasteiger partial charge is 0.344 e. The van der Waals surface area contributed by atoms with Gasteiger partial charge in [0, 0.05) is 14.1 Å². The number of aryl methyl sites for hydroxylation is 1. The van der Waals surface area contributed by atoms with Gasteiger partial charge in [-0.3, -0.25) is 9.59 Å². The smallest absolute Gasteiger partial charge is 0.265 e. The summed E-state index contributed by atoms with van der Waals surface area (Å²) in [7, 11) is 3.37. The molecule has 8 heteroatoms. The maximum atomic E-state index is 12.3. The van der Waals surface area contributed by atoms with Crippen LogP contribution in [-0.4, -0.2) is 45.3 Å². The highest BCUT2D eigenvalue weighted by Crippen LogP contribution is 2.23. The van der Waals surface area contributed by atoms with Gasteiger partial charge < -0.3 is 14.8 Å². The van der Waals surface area contributed by atoms with E-state index in [0.29, 0.717) is 15.7 Å². The van der Waals surface area contributed by atoms with E-state index in [4.69, 9.17) is 0 Å². The van der Waals surface area contributed by atoms with Crippen molar-refractivity contribution < 1.29 is 9.59 Å². The van der Waals surface area contributed by atoms with Crippen LogP contribution in [0.4, 0.5) is 5.13 Å². The van der Waals surface area contributed by atoms with Crippen molar-refractivity contribution in [3.63, 3.8) is 0 Å². The molecule has 7 nitrogen and oxygen atoms in total. The molecule has 2 aromatic heterocycles. The Morgan fingerprint density at radius 2 is 2.04 bits per heavy atom. The number of carbonyl (C=O) groups is 2. The first-order valence-electron chi connectivity index (χ1n) is 7.34. The molecule has 0 radical (unpaired) electrons. The molecule has 3 aromatic rings. The summed E-state index contributed by atoms with van der Waals surface area (Å²) in [4.78, 5) is 34.8. The zero-order valence-corrected chi connectivity index (χ0v) is 14.4. The second kappa shape index (κ2) is 6.40. The van der Waals surface area contributed by atoms with Crippen LogP contribution >= 0.6 is 11.3 Å². The highest BCUT2D eigenvalue weighted by Gasteiger charge is 2.18. The Balaban J connectivity index is 1.73. The number of hydrogen-bond acceptors (Lipinski definition) is 5. The monoisotopic (exact) mass is 343 g/mol. The lowest BCUT2D eigenvalue weighted by atomic mass is 10.3. The van der Waals surface area contributed by atoms with Gasteiger partial charge in [0.1, 0.15) is 11.4 Å². The summed E-state index contributed by atoms with van der Waals surface area (Å²) in [5.41, 5.74) is 2.35. The van der Waals surface area contributed by atoms with Gasteiger partial charge in [-0.1, -0.05) is 23.5 Å². The van der Waals surface area contributed by atoms with Crippen molar-refractivity contribution in [2.45, 2.75) is 13.5 Å². The number of rotatable bonds is 4. The average Bonchev–Trinajstić information content (AvgIpc) is 3.10. The van der Waals surface area contributed by atoms with Gasteiger partial charge in [-0.15, -0.1) is 0 Å². The van der Waals surface area contributed by atoms with Crippen LogP contribution in [0.3, 0.4) is 0 Å². The first-order chi connectivity index (χ1) is 11.5. The second-order valence-corrected chi connectivity index (χ2v) is 6.54. The lowest BCUT2D eigenvalue weighted by molar-refractivity contribution is -0.116. The molecule has 3 rings (SSSR count). The summed E-state index contributed by atoms with van der Waals surface area (Å²) in [5.74, 6) is -0.332. The Morgan fingerprint density at radius 3 is 2.79 bits per heavy atom. The van der Waals surface area contributed by atoms with Crippen molar-refractivity contribution in [1.29, 1.82) is 0 Å². The van der Waals surface area contributed by atoms with E-state index >= 15 is 0 Å². The van der Waals surface area contributed by atoms with Gasteiger partial charge >= 0.3 is 0 Å². The van der Waals surface area contributed by atoms with Gasteiger partial charge in [-0.2, -0.15) is 0 Å². The van der Waals surface area contributed by atoms with Crippen LogP contribution < -0.4 is 5.32 Å². The van der Waals surface area contributed by atoms with E-state index in [2.05, 4.69) is 15.3 Å². The molecule has 0 spiro atoms. The van der Waals surface area contributed by atoms with Crippen LogP contribution in [0.5, 0.6) is 0 Å². The lowest BCUT2D eigenvalue weighted by Gasteiger charge is -2.07. The van der Waals surface area contributed by atoms with Gasteiger partial charge in [0.05, 0.1) is 23.1 Å². The fourth-order valence-corrected chi connectivity index (χ4v) is 3.31. The number of nitrogens with one attached hydrogen (secondary N) is 1. The summed E-state index contributed by atoms with van der Waals surface area (Å²) in [6, 6.07) is 7.62. The minimum Gasteiger partial charge on any atom is -0.344 e. The number of carbonyl (C=O) groups excluding carboxylic acids is 2. The number of thiazole rings is 1. The van der Waals surface area contributed by atoms with Crippen molar-refractivity contribution in [3.05, 3.63) is 41.2 Å². The molecule has 0 fully saturated rings. The Bertz CT molecular complexity index is 912. The maximum Gasteiger partial charge on any atom is 0.265 e. The zero-order chi connectivity index (χ0) is 17.3. The normalized spacial score (nSPS) is 10.8. The van der Waals surface area contributed by atoms with Gasteiger partial charge in [-0.25, -0.2) is 9.97 Å². The van der Waals surface area contributed by atoms with E-state index < -0.39 is 0 Å².